The molecule has 2 rings (SSSR count). The van der Waals surface area contributed by atoms with E-state index in [4.69, 9.17) is 0 Å². The van der Waals surface area contributed by atoms with E-state index in [0.29, 0.717) is 0 Å². The number of rotatable bonds is 4. The Bertz CT molecular complexity index is 383. The topological polar surface area (TPSA) is 29.9 Å². The molecule has 1 aromatic heterocycles. The van der Waals surface area contributed by atoms with E-state index < -0.39 is 0 Å². The SMILES string of the molecule is CNCC1CCC(C)CC1Cc1cc(C)nn1C. The van der Waals surface area contributed by atoms with E-state index in [0.717, 1.165) is 30.0 Å². The molecule has 102 valence electrons. The molecule has 0 amide bonds. The van der Waals surface area contributed by atoms with E-state index in [2.05, 4.69) is 49.1 Å². The first-order valence-corrected chi connectivity index (χ1v) is 7.24. The lowest BCUT2D eigenvalue weighted by atomic mass is 9.72. The molecule has 0 bridgehead atoms. The quantitative estimate of drug-likeness (QED) is 0.888. The van der Waals surface area contributed by atoms with Crippen molar-refractivity contribution in [3.8, 4) is 0 Å². The maximum Gasteiger partial charge on any atom is 0.0596 e. The number of nitrogens with one attached hydrogen (secondary N) is 1. The Balaban J connectivity index is 2.06. The Morgan fingerprint density at radius 2 is 2.17 bits per heavy atom. The third kappa shape index (κ3) is 3.14. The monoisotopic (exact) mass is 249 g/mol. The van der Waals surface area contributed by atoms with Crippen LogP contribution in [0.4, 0.5) is 0 Å². The molecule has 1 fully saturated rings. The van der Waals surface area contributed by atoms with Crippen LogP contribution in [0.5, 0.6) is 0 Å². The number of hydrogen-bond donors (Lipinski definition) is 1. The summed E-state index contributed by atoms with van der Waals surface area (Å²) in [6, 6.07) is 2.25. The second-order valence-electron chi connectivity index (χ2n) is 6.10. The lowest BCUT2D eigenvalue weighted by Crippen LogP contribution is -2.32. The molecule has 18 heavy (non-hydrogen) atoms. The summed E-state index contributed by atoms with van der Waals surface area (Å²) in [6.07, 6.45) is 5.33. The molecule has 3 nitrogen and oxygen atoms in total. The van der Waals surface area contributed by atoms with E-state index in [-0.39, 0.29) is 0 Å². The summed E-state index contributed by atoms with van der Waals surface area (Å²) in [5, 5.41) is 7.83. The largest absolute Gasteiger partial charge is 0.319 e. The predicted molar refractivity (Wildman–Crippen MR) is 75.6 cm³/mol. The first kappa shape index (κ1) is 13.6. The molecule has 0 saturated heterocycles. The van der Waals surface area contributed by atoms with Gasteiger partial charge in [0.15, 0.2) is 0 Å². The van der Waals surface area contributed by atoms with Crippen molar-refractivity contribution in [1.29, 1.82) is 0 Å². The van der Waals surface area contributed by atoms with E-state index in [1.807, 2.05) is 0 Å². The lowest BCUT2D eigenvalue weighted by Gasteiger charge is -2.35. The summed E-state index contributed by atoms with van der Waals surface area (Å²) >= 11 is 0. The Morgan fingerprint density at radius 3 is 2.78 bits per heavy atom. The summed E-state index contributed by atoms with van der Waals surface area (Å²) in [5.41, 5.74) is 2.54. The van der Waals surface area contributed by atoms with Crippen LogP contribution in [0.1, 0.15) is 37.6 Å². The van der Waals surface area contributed by atoms with Gasteiger partial charge in [0.2, 0.25) is 0 Å². The maximum absolute atomic E-state index is 4.47. The Morgan fingerprint density at radius 1 is 1.39 bits per heavy atom. The van der Waals surface area contributed by atoms with Crippen molar-refractivity contribution in [3.63, 3.8) is 0 Å². The Labute approximate surface area is 111 Å². The van der Waals surface area contributed by atoms with Crippen molar-refractivity contribution in [3.05, 3.63) is 17.5 Å². The fourth-order valence-electron chi connectivity index (χ4n) is 3.47. The molecule has 3 unspecified atom stereocenters. The molecule has 0 aliphatic heterocycles. The third-order valence-corrected chi connectivity index (χ3v) is 4.44. The number of hydrogen-bond acceptors (Lipinski definition) is 2. The van der Waals surface area contributed by atoms with Crippen LogP contribution in [0.25, 0.3) is 0 Å². The number of aromatic nitrogens is 2. The first-order valence-electron chi connectivity index (χ1n) is 7.24. The van der Waals surface area contributed by atoms with Gasteiger partial charge in [-0.15, -0.1) is 0 Å². The van der Waals surface area contributed by atoms with Crippen LogP contribution >= 0.6 is 0 Å². The zero-order valence-corrected chi connectivity index (χ0v) is 12.2. The minimum absolute atomic E-state index is 0.816. The number of aryl methyl sites for hydroxylation is 2. The first-order chi connectivity index (χ1) is 8.60. The normalized spacial score (nSPS) is 28.6. The van der Waals surface area contributed by atoms with E-state index in [1.165, 1.54) is 31.4 Å². The molecule has 1 aliphatic carbocycles. The van der Waals surface area contributed by atoms with E-state index in [1.54, 1.807) is 0 Å². The van der Waals surface area contributed by atoms with Crippen LogP contribution in [-0.4, -0.2) is 23.4 Å². The molecule has 1 saturated carbocycles. The molecule has 1 aromatic rings. The van der Waals surface area contributed by atoms with E-state index >= 15 is 0 Å². The highest BCUT2D eigenvalue weighted by Gasteiger charge is 2.28. The van der Waals surface area contributed by atoms with Crippen LogP contribution in [0, 0.1) is 24.7 Å². The Kier molecular flexibility index (Phi) is 4.44. The summed E-state index contributed by atoms with van der Waals surface area (Å²) in [5.74, 6) is 2.54. The third-order valence-electron chi connectivity index (χ3n) is 4.44. The molecule has 1 N–H and O–H groups in total. The van der Waals surface area contributed by atoms with Gasteiger partial charge in [-0.25, -0.2) is 0 Å². The zero-order chi connectivity index (χ0) is 13.1. The molecule has 3 heteroatoms. The summed E-state index contributed by atoms with van der Waals surface area (Å²) in [7, 11) is 4.14. The zero-order valence-electron chi connectivity index (χ0n) is 12.2. The van der Waals surface area contributed by atoms with Crippen LogP contribution in [0.15, 0.2) is 6.07 Å². The highest BCUT2D eigenvalue weighted by Crippen LogP contribution is 2.35. The summed E-state index contributed by atoms with van der Waals surface area (Å²) < 4.78 is 2.06. The maximum atomic E-state index is 4.47. The van der Waals surface area contributed by atoms with Crippen LogP contribution in [0.3, 0.4) is 0 Å². The average molecular weight is 249 g/mol. The second-order valence-corrected chi connectivity index (χ2v) is 6.10. The van der Waals surface area contributed by atoms with Gasteiger partial charge in [-0.05, 0) is 63.6 Å². The van der Waals surface area contributed by atoms with E-state index in [9.17, 15) is 0 Å². The fourth-order valence-corrected chi connectivity index (χ4v) is 3.47. The lowest BCUT2D eigenvalue weighted by molar-refractivity contribution is 0.184. The van der Waals surface area contributed by atoms with Crippen molar-refractivity contribution in [2.24, 2.45) is 24.8 Å². The van der Waals surface area contributed by atoms with Gasteiger partial charge >= 0.3 is 0 Å². The highest BCUT2D eigenvalue weighted by molar-refractivity contribution is 5.10. The van der Waals surface area contributed by atoms with Gasteiger partial charge in [0.05, 0.1) is 5.69 Å². The molecular weight excluding hydrogens is 222 g/mol. The minimum atomic E-state index is 0.816. The predicted octanol–water partition coefficient (Wildman–Crippen LogP) is 2.54. The van der Waals surface area contributed by atoms with Crippen molar-refractivity contribution in [2.45, 2.75) is 39.5 Å². The van der Waals surface area contributed by atoms with Gasteiger partial charge in [0, 0.05) is 12.7 Å². The van der Waals surface area contributed by atoms with Gasteiger partial charge in [-0.3, -0.25) is 4.68 Å². The van der Waals surface area contributed by atoms with Gasteiger partial charge in [0.25, 0.3) is 0 Å². The van der Waals surface area contributed by atoms with Crippen molar-refractivity contribution in [1.82, 2.24) is 15.1 Å². The molecule has 0 radical (unpaired) electrons. The molecule has 1 heterocycles. The van der Waals surface area contributed by atoms with Crippen LogP contribution in [0.2, 0.25) is 0 Å². The van der Waals surface area contributed by atoms with Crippen molar-refractivity contribution >= 4 is 0 Å². The average Bonchev–Trinajstić information content (AvgIpc) is 2.61. The van der Waals surface area contributed by atoms with Gasteiger partial charge in [0.1, 0.15) is 0 Å². The smallest absolute Gasteiger partial charge is 0.0596 e. The second kappa shape index (κ2) is 5.87. The standard InChI is InChI=1S/C15H27N3/c1-11-5-6-13(10-16-3)14(7-11)9-15-8-12(2)17-18(15)4/h8,11,13-14,16H,5-7,9-10H2,1-4H3. The van der Waals surface area contributed by atoms with Gasteiger partial charge in [-0.2, -0.15) is 5.10 Å². The van der Waals surface area contributed by atoms with Crippen LogP contribution in [-0.2, 0) is 13.5 Å². The van der Waals surface area contributed by atoms with Gasteiger partial charge < -0.3 is 5.32 Å². The minimum Gasteiger partial charge on any atom is -0.319 e. The molecular formula is C15H27N3. The number of nitrogens with zero attached hydrogens (tertiary/aromatic N) is 2. The van der Waals surface area contributed by atoms with Crippen molar-refractivity contribution in [2.75, 3.05) is 13.6 Å². The van der Waals surface area contributed by atoms with Crippen LogP contribution < -0.4 is 5.32 Å². The Hall–Kier alpha value is -0.830. The molecule has 3 atom stereocenters. The highest BCUT2D eigenvalue weighted by atomic mass is 15.3. The van der Waals surface area contributed by atoms with Gasteiger partial charge in [-0.1, -0.05) is 13.3 Å². The molecule has 1 aliphatic rings. The molecule has 0 spiro atoms. The van der Waals surface area contributed by atoms with Crippen molar-refractivity contribution < 1.29 is 0 Å². The summed E-state index contributed by atoms with van der Waals surface area (Å²) in [4.78, 5) is 0. The summed E-state index contributed by atoms with van der Waals surface area (Å²) in [6.45, 7) is 5.64. The molecule has 0 aromatic carbocycles. The fraction of sp³-hybridized carbons (Fsp3) is 0.800.